The summed E-state index contributed by atoms with van der Waals surface area (Å²) in [6.07, 6.45) is 1.04. The van der Waals surface area contributed by atoms with Crippen molar-refractivity contribution in [3.8, 4) is 11.5 Å². The molecule has 0 unspecified atom stereocenters. The molecular formula is C29H38ClIO7. The lowest BCUT2D eigenvalue weighted by molar-refractivity contribution is -0.151. The predicted octanol–water partition coefficient (Wildman–Crippen LogP) is 6.29. The van der Waals surface area contributed by atoms with Crippen LogP contribution in [0, 0.1) is 3.57 Å². The Bertz CT molecular complexity index is 1030. The fourth-order valence-electron chi connectivity index (χ4n) is 3.67. The predicted molar refractivity (Wildman–Crippen MR) is 156 cm³/mol. The summed E-state index contributed by atoms with van der Waals surface area (Å²) in [7, 11) is 0. The molecule has 7 nitrogen and oxygen atoms in total. The van der Waals surface area contributed by atoms with Gasteiger partial charge in [0.05, 0.1) is 16.1 Å². The van der Waals surface area contributed by atoms with Crippen LogP contribution in [0.2, 0.25) is 0 Å². The minimum absolute atomic E-state index is 0.165. The maximum atomic E-state index is 11.4. The molecule has 0 N–H and O–H groups in total. The minimum atomic E-state index is -0.500. The third-order valence-corrected chi connectivity index (χ3v) is 7.06. The van der Waals surface area contributed by atoms with Crippen LogP contribution < -0.4 is 9.47 Å². The molecule has 0 aromatic heterocycles. The summed E-state index contributed by atoms with van der Waals surface area (Å²) in [6, 6.07) is 14.0. The average molecular weight is 661 g/mol. The molecule has 2 rings (SSSR count). The molecule has 0 heterocycles. The van der Waals surface area contributed by atoms with E-state index in [4.69, 9.17) is 35.3 Å². The van der Waals surface area contributed by atoms with E-state index in [1.54, 1.807) is 0 Å². The number of carbonyl (C=O) groups is 2. The maximum absolute atomic E-state index is 11.4. The van der Waals surface area contributed by atoms with Gasteiger partial charge in [0, 0.05) is 25.9 Å². The van der Waals surface area contributed by atoms with Crippen LogP contribution >= 0.6 is 34.2 Å². The summed E-state index contributed by atoms with van der Waals surface area (Å²) < 4.78 is 28.8. The Labute approximate surface area is 244 Å². The molecule has 38 heavy (non-hydrogen) atoms. The number of alkyl halides is 1. The standard InChI is InChI=1S/C29H38ClIO7/c1-6-7-14-34-17-26(38-21(3)33)19-35-24-11-8-22(9-12-24)29(4,5)23-10-13-28(27(31)15-23)36-18-25(16-30)37-20(2)32/h8-13,15,25-26H,6-7,14,16-19H2,1-5H3/t25-,26+/m1/s1. The van der Waals surface area contributed by atoms with Gasteiger partial charge >= 0.3 is 11.9 Å². The van der Waals surface area contributed by atoms with Crippen LogP contribution in [0.4, 0.5) is 0 Å². The van der Waals surface area contributed by atoms with Crippen molar-refractivity contribution >= 4 is 46.1 Å². The third kappa shape index (κ3) is 10.6. The van der Waals surface area contributed by atoms with Gasteiger partial charge in [-0.15, -0.1) is 11.6 Å². The second-order valence-electron chi connectivity index (χ2n) is 9.46. The van der Waals surface area contributed by atoms with E-state index in [1.165, 1.54) is 13.8 Å². The first-order chi connectivity index (χ1) is 18.1. The summed E-state index contributed by atoms with van der Waals surface area (Å²) in [5.41, 5.74) is 1.96. The van der Waals surface area contributed by atoms with Gasteiger partial charge in [-0.2, -0.15) is 0 Å². The first-order valence-corrected chi connectivity index (χ1v) is 14.3. The molecule has 0 fully saturated rings. The Morgan fingerprint density at radius 2 is 1.50 bits per heavy atom. The zero-order valence-electron chi connectivity index (χ0n) is 22.8. The molecule has 0 spiro atoms. The Morgan fingerprint density at radius 3 is 2.08 bits per heavy atom. The van der Waals surface area contributed by atoms with Crippen LogP contribution in [0.3, 0.4) is 0 Å². The molecule has 0 amide bonds. The molecule has 0 saturated heterocycles. The first kappa shape index (κ1) is 32.2. The zero-order valence-corrected chi connectivity index (χ0v) is 25.7. The normalized spacial score (nSPS) is 12.9. The van der Waals surface area contributed by atoms with E-state index < -0.39 is 12.2 Å². The van der Waals surface area contributed by atoms with Crippen molar-refractivity contribution in [2.75, 3.05) is 32.3 Å². The van der Waals surface area contributed by atoms with Gasteiger partial charge in [0.15, 0.2) is 6.10 Å². The van der Waals surface area contributed by atoms with E-state index in [9.17, 15) is 9.59 Å². The van der Waals surface area contributed by atoms with Crippen molar-refractivity contribution in [3.05, 3.63) is 57.2 Å². The number of unbranched alkanes of at least 4 members (excludes halogenated alkanes) is 1. The Balaban J connectivity index is 2.02. The quantitative estimate of drug-likeness (QED) is 0.0906. The van der Waals surface area contributed by atoms with Gasteiger partial charge in [-0.3, -0.25) is 9.59 Å². The van der Waals surface area contributed by atoms with Crippen LogP contribution in [-0.2, 0) is 29.2 Å². The van der Waals surface area contributed by atoms with Gasteiger partial charge in [-0.05, 0) is 64.4 Å². The lowest BCUT2D eigenvalue weighted by atomic mass is 9.78. The van der Waals surface area contributed by atoms with Gasteiger partial charge < -0.3 is 23.7 Å². The minimum Gasteiger partial charge on any atom is -0.490 e. The maximum Gasteiger partial charge on any atom is 0.303 e. The summed E-state index contributed by atoms with van der Waals surface area (Å²) in [5.74, 6) is 0.817. The SMILES string of the molecule is CCCCOC[C@@H](COc1ccc(C(C)(C)c2ccc(OC[C@@H](CCl)OC(C)=O)c(I)c2)cc1)OC(C)=O. The fraction of sp³-hybridized carbons (Fsp3) is 0.517. The van der Waals surface area contributed by atoms with Crippen molar-refractivity contribution in [2.45, 2.75) is 65.1 Å². The molecule has 9 heteroatoms. The van der Waals surface area contributed by atoms with Crippen LogP contribution in [-0.4, -0.2) is 56.5 Å². The summed E-state index contributed by atoms with van der Waals surface area (Å²) in [4.78, 5) is 22.6. The Morgan fingerprint density at radius 1 is 0.895 bits per heavy atom. The molecular weight excluding hydrogens is 623 g/mol. The summed E-state index contributed by atoms with van der Waals surface area (Å²) >= 11 is 8.12. The number of benzene rings is 2. The molecule has 2 aromatic rings. The summed E-state index contributed by atoms with van der Waals surface area (Å²) in [6.45, 7) is 10.5. The number of hydrogen-bond acceptors (Lipinski definition) is 7. The molecule has 0 bridgehead atoms. The molecule has 0 aliphatic carbocycles. The van der Waals surface area contributed by atoms with Crippen molar-refractivity contribution < 1.29 is 33.3 Å². The highest BCUT2D eigenvalue weighted by atomic mass is 127. The van der Waals surface area contributed by atoms with Gasteiger partial charge in [0.25, 0.3) is 0 Å². The highest BCUT2D eigenvalue weighted by molar-refractivity contribution is 14.1. The van der Waals surface area contributed by atoms with Crippen LogP contribution in [0.5, 0.6) is 11.5 Å². The smallest absolute Gasteiger partial charge is 0.303 e. The highest BCUT2D eigenvalue weighted by Crippen LogP contribution is 2.35. The van der Waals surface area contributed by atoms with Gasteiger partial charge in [-0.1, -0.05) is 45.4 Å². The van der Waals surface area contributed by atoms with Crippen molar-refractivity contribution in [3.63, 3.8) is 0 Å². The zero-order chi connectivity index (χ0) is 28.1. The topological polar surface area (TPSA) is 80.3 Å². The van der Waals surface area contributed by atoms with Crippen LogP contribution in [0.1, 0.15) is 58.6 Å². The molecule has 0 radical (unpaired) electrons. The lowest BCUT2D eigenvalue weighted by Crippen LogP contribution is -2.29. The van der Waals surface area contributed by atoms with E-state index >= 15 is 0 Å². The number of carbonyl (C=O) groups excluding carboxylic acids is 2. The number of ether oxygens (including phenoxy) is 5. The third-order valence-electron chi connectivity index (χ3n) is 5.87. The van der Waals surface area contributed by atoms with E-state index in [0.717, 1.165) is 27.5 Å². The van der Waals surface area contributed by atoms with Gasteiger partial charge in [0.2, 0.25) is 0 Å². The van der Waals surface area contributed by atoms with Crippen molar-refractivity contribution in [1.82, 2.24) is 0 Å². The number of rotatable bonds is 16. The van der Waals surface area contributed by atoms with Gasteiger partial charge in [0.1, 0.15) is 30.8 Å². The molecule has 0 aliphatic heterocycles. The van der Waals surface area contributed by atoms with E-state index in [-0.39, 0.29) is 36.4 Å². The summed E-state index contributed by atoms with van der Waals surface area (Å²) in [5, 5.41) is 0. The highest BCUT2D eigenvalue weighted by Gasteiger charge is 2.24. The molecule has 2 atom stereocenters. The number of hydrogen-bond donors (Lipinski definition) is 0. The van der Waals surface area contributed by atoms with E-state index in [2.05, 4.69) is 49.4 Å². The fourth-order valence-corrected chi connectivity index (χ4v) is 4.49. The Hall–Kier alpha value is -2.04. The number of halogens is 2. The largest absolute Gasteiger partial charge is 0.490 e. The van der Waals surface area contributed by atoms with Crippen LogP contribution in [0.25, 0.3) is 0 Å². The lowest BCUT2D eigenvalue weighted by Gasteiger charge is -2.27. The monoisotopic (exact) mass is 660 g/mol. The average Bonchev–Trinajstić information content (AvgIpc) is 2.87. The molecule has 210 valence electrons. The molecule has 2 aromatic carbocycles. The van der Waals surface area contributed by atoms with Gasteiger partial charge in [-0.25, -0.2) is 0 Å². The van der Waals surface area contributed by atoms with Crippen molar-refractivity contribution in [1.29, 1.82) is 0 Å². The Kier molecular flexibility index (Phi) is 13.7. The second-order valence-corrected chi connectivity index (χ2v) is 10.9. The first-order valence-electron chi connectivity index (χ1n) is 12.7. The second kappa shape index (κ2) is 16.2. The van der Waals surface area contributed by atoms with E-state index in [1.807, 2.05) is 36.4 Å². The molecule has 0 saturated carbocycles. The van der Waals surface area contributed by atoms with Crippen LogP contribution in [0.15, 0.2) is 42.5 Å². The van der Waals surface area contributed by atoms with E-state index in [0.29, 0.717) is 24.7 Å². The van der Waals surface area contributed by atoms with Crippen molar-refractivity contribution in [2.24, 2.45) is 0 Å². The number of esters is 2. The molecule has 0 aliphatic rings.